The van der Waals surface area contributed by atoms with Crippen molar-refractivity contribution < 1.29 is 18.3 Å². The van der Waals surface area contributed by atoms with Crippen LogP contribution in [0.5, 0.6) is 0 Å². The van der Waals surface area contributed by atoms with Gasteiger partial charge in [0.25, 0.3) is 0 Å². The lowest BCUT2D eigenvalue weighted by Gasteiger charge is -2.29. The number of hydrogen-bond acceptors (Lipinski definition) is 4. The molecule has 1 fully saturated rings. The first kappa shape index (κ1) is 19.9. The van der Waals surface area contributed by atoms with E-state index in [1.165, 1.54) is 0 Å². The van der Waals surface area contributed by atoms with E-state index in [1.54, 1.807) is 0 Å². The Hall–Kier alpha value is -0.150. The van der Waals surface area contributed by atoms with Gasteiger partial charge in [0, 0.05) is 6.61 Å². The van der Waals surface area contributed by atoms with Crippen molar-refractivity contribution >= 4 is 7.60 Å². The maximum Gasteiger partial charge on any atom is 0.331 e. The van der Waals surface area contributed by atoms with Crippen LogP contribution in [0.4, 0.5) is 0 Å². The molecule has 0 unspecified atom stereocenters. The fourth-order valence-corrected chi connectivity index (χ4v) is 4.91. The molecule has 0 bridgehead atoms. The Bertz CT molecular complexity index is 381. The molecule has 1 rings (SSSR count). The van der Waals surface area contributed by atoms with Gasteiger partial charge in [-0.1, -0.05) is 25.5 Å². The zero-order chi connectivity index (χ0) is 16.7. The molecule has 0 amide bonds. The summed E-state index contributed by atoms with van der Waals surface area (Å²) >= 11 is 0. The molecule has 130 valence electrons. The molecule has 0 N–H and O–H groups in total. The van der Waals surface area contributed by atoms with Crippen LogP contribution in [0.2, 0.25) is 0 Å². The summed E-state index contributed by atoms with van der Waals surface area (Å²) in [5.74, 6) is 0. The summed E-state index contributed by atoms with van der Waals surface area (Å²) in [6.45, 7) is 11.4. The summed E-state index contributed by atoms with van der Waals surface area (Å²) < 4.78 is 29.6. The summed E-state index contributed by atoms with van der Waals surface area (Å²) in [6, 6.07) is 0. The van der Waals surface area contributed by atoms with E-state index in [9.17, 15) is 4.57 Å². The lowest BCUT2D eigenvalue weighted by atomic mass is 9.90. The normalized spacial score (nSPS) is 22.4. The van der Waals surface area contributed by atoms with Gasteiger partial charge in [0.05, 0.1) is 12.8 Å². The molecule has 22 heavy (non-hydrogen) atoms. The van der Waals surface area contributed by atoms with E-state index in [-0.39, 0.29) is 0 Å². The second-order valence-electron chi connectivity index (χ2n) is 6.88. The van der Waals surface area contributed by atoms with Gasteiger partial charge in [-0.05, 0) is 53.4 Å². The summed E-state index contributed by atoms with van der Waals surface area (Å²) in [5, 5.41) is 0. The molecule has 1 saturated heterocycles. The van der Waals surface area contributed by atoms with Crippen LogP contribution in [0.15, 0.2) is 12.2 Å². The molecule has 1 aliphatic heterocycles. The third kappa shape index (κ3) is 6.16. The zero-order valence-corrected chi connectivity index (χ0v) is 15.8. The van der Waals surface area contributed by atoms with E-state index in [2.05, 4.69) is 19.1 Å². The lowest BCUT2D eigenvalue weighted by Crippen LogP contribution is -2.41. The highest BCUT2D eigenvalue weighted by Crippen LogP contribution is 2.64. The Labute approximate surface area is 136 Å². The molecule has 4 nitrogen and oxygen atoms in total. The third-order valence-corrected chi connectivity index (χ3v) is 6.57. The van der Waals surface area contributed by atoms with Gasteiger partial charge in [0.2, 0.25) is 0 Å². The molecule has 0 aromatic heterocycles. The molecule has 1 heterocycles. The predicted octanol–water partition coefficient (Wildman–Crippen LogP) is 5.33. The summed E-state index contributed by atoms with van der Waals surface area (Å²) in [4.78, 5) is 0. The number of unbranched alkanes of at least 4 members (excludes halogenated alkanes) is 2. The van der Waals surface area contributed by atoms with Crippen LogP contribution >= 0.6 is 7.60 Å². The zero-order valence-electron chi connectivity index (χ0n) is 14.9. The Morgan fingerprint density at radius 3 is 2.18 bits per heavy atom. The molecule has 0 atom stereocenters. The molecule has 0 saturated carbocycles. The molecule has 0 aliphatic carbocycles. The van der Waals surface area contributed by atoms with Gasteiger partial charge in [-0.2, -0.15) is 0 Å². The maximum atomic E-state index is 12.6. The first-order valence-electron chi connectivity index (χ1n) is 8.46. The van der Waals surface area contributed by atoms with Crippen LogP contribution in [0.3, 0.4) is 0 Å². The molecule has 0 radical (unpaired) electrons. The van der Waals surface area contributed by atoms with E-state index in [0.717, 1.165) is 45.3 Å². The van der Waals surface area contributed by atoms with Crippen LogP contribution in [0, 0.1) is 0 Å². The predicted molar refractivity (Wildman–Crippen MR) is 91.5 cm³/mol. The fourth-order valence-electron chi connectivity index (χ4n) is 2.25. The number of rotatable bonds is 10. The van der Waals surface area contributed by atoms with Crippen molar-refractivity contribution in [2.45, 2.75) is 77.9 Å². The van der Waals surface area contributed by atoms with Crippen molar-refractivity contribution in [2.24, 2.45) is 0 Å². The third-order valence-electron chi connectivity index (χ3n) is 4.24. The Kier molecular flexibility index (Phi) is 7.81. The second-order valence-corrected chi connectivity index (χ2v) is 8.91. The Morgan fingerprint density at radius 2 is 1.59 bits per heavy atom. The summed E-state index contributed by atoms with van der Waals surface area (Å²) in [5.41, 5.74) is -1.00. The fraction of sp³-hybridized carbons (Fsp3) is 0.882. The van der Waals surface area contributed by atoms with Crippen LogP contribution in [-0.4, -0.2) is 30.6 Å². The average molecular weight is 332 g/mol. The highest BCUT2D eigenvalue weighted by Gasteiger charge is 2.54. The van der Waals surface area contributed by atoms with Crippen molar-refractivity contribution in [1.82, 2.24) is 0 Å². The molecular formula is C17H33O4P. The Balaban J connectivity index is 2.11. The topological polar surface area (TPSA) is 44.8 Å². The van der Waals surface area contributed by atoms with Crippen molar-refractivity contribution in [1.29, 1.82) is 0 Å². The second kappa shape index (κ2) is 8.63. The van der Waals surface area contributed by atoms with E-state index in [1.807, 2.05) is 27.7 Å². The number of allylic oxidation sites excluding steroid dienone is 1. The van der Waals surface area contributed by atoms with Gasteiger partial charge in [-0.25, -0.2) is 0 Å². The standard InChI is InChI=1S/C17H33O4P/c1-6-7-8-10-13-19-14-11-9-12-15-22(18)20-16(2,3)17(4,5)21-22/h7-8H,6,9-15H2,1-5H3/b8-7+. The monoisotopic (exact) mass is 332 g/mol. The average Bonchev–Trinajstić information content (AvgIpc) is 2.56. The molecule has 0 aromatic rings. The molecule has 1 aliphatic rings. The first-order chi connectivity index (χ1) is 10.2. The molecular weight excluding hydrogens is 299 g/mol. The van der Waals surface area contributed by atoms with Gasteiger partial charge in [-0.3, -0.25) is 13.6 Å². The van der Waals surface area contributed by atoms with Gasteiger partial charge in [0.15, 0.2) is 0 Å². The quantitative estimate of drug-likeness (QED) is 0.308. The highest BCUT2D eigenvalue weighted by atomic mass is 31.2. The van der Waals surface area contributed by atoms with Gasteiger partial charge >= 0.3 is 7.60 Å². The highest BCUT2D eigenvalue weighted by molar-refractivity contribution is 7.54. The first-order valence-corrected chi connectivity index (χ1v) is 10.2. The van der Waals surface area contributed by atoms with Crippen molar-refractivity contribution in [2.75, 3.05) is 19.4 Å². The smallest absolute Gasteiger partial charge is 0.331 e. The van der Waals surface area contributed by atoms with Crippen molar-refractivity contribution in [3.63, 3.8) is 0 Å². The molecule has 0 spiro atoms. The van der Waals surface area contributed by atoms with Crippen molar-refractivity contribution in [3.8, 4) is 0 Å². The van der Waals surface area contributed by atoms with Crippen molar-refractivity contribution in [3.05, 3.63) is 12.2 Å². The minimum absolute atomic E-state index is 0.499. The molecule has 5 heteroatoms. The van der Waals surface area contributed by atoms with E-state index < -0.39 is 18.8 Å². The van der Waals surface area contributed by atoms with Gasteiger partial charge in [-0.15, -0.1) is 0 Å². The minimum Gasteiger partial charge on any atom is -0.381 e. The van der Waals surface area contributed by atoms with Crippen LogP contribution in [0.1, 0.15) is 66.7 Å². The van der Waals surface area contributed by atoms with Gasteiger partial charge < -0.3 is 4.74 Å². The van der Waals surface area contributed by atoms with Crippen LogP contribution in [0.25, 0.3) is 0 Å². The maximum absolute atomic E-state index is 12.6. The minimum atomic E-state index is -2.94. The number of hydrogen-bond donors (Lipinski definition) is 0. The van der Waals surface area contributed by atoms with E-state index >= 15 is 0 Å². The summed E-state index contributed by atoms with van der Waals surface area (Å²) in [7, 11) is -2.94. The lowest BCUT2D eigenvalue weighted by molar-refractivity contribution is 0.00578. The van der Waals surface area contributed by atoms with Crippen LogP contribution < -0.4 is 0 Å². The van der Waals surface area contributed by atoms with Crippen LogP contribution in [-0.2, 0) is 18.3 Å². The Morgan fingerprint density at radius 1 is 0.955 bits per heavy atom. The molecule has 0 aromatic carbocycles. The SMILES string of the molecule is CC/C=C/CCOCCCCCP1(=O)OC(C)(C)C(C)(C)O1. The number of ether oxygens (including phenoxy) is 1. The van der Waals surface area contributed by atoms with E-state index in [4.69, 9.17) is 13.8 Å². The largest absolute Gasteiger partial charge is 0.381 e. The summed E-state index contributed by atoms with van der Waals surface area (Å²) in [6.07, 6.45) is 9.70. The van der Waals surface area contributed by atoms with E-state index in [0.29, 0.717) is 6.16 Å². The van der Waals surface area contributed by atoms with Gasteiger partial charge in [0.1, 0.15) is 11.2 Å².